The second-order valence-electron chi connectivity index (χ2n) is 35.2. The Hall–Kier alpha value is -8.90. The molecule has 10 aliphatic rings. The lowest BCUT2D eigenvalue weighted by molar-refractivity contribution is -0.129. The molecule has 634 valence electrons. The van der Waals surface area contributed by atoms with Crippen LogP contribution in [-0.2, 0) is 30.4 Å². The zero-order valence-corrected chi connectivity index (χ0v) is 73.1. The molecule has 27 nitrogen and oxygen atoms in total. The van der Waals surface area contributed by atoms with Crippen LogP contribution in [0.1, 0.15) is 215 Å². The number of aromatic nitrogens is 5. The van der Waals surface area contributed by atoms with Gasteiger partial charge in [0, 0.05) is 139 Å². The summed E-state index contributed by atoms with van der Waals surface area (Å²) in [6.07, 6.45) is 15.2. The number of carbonyl (C=O) groups is 5. The molecule has 0 atom stereocenters. The van der Waals surface area contributed by atoms with Crippen LogP contribution >= 0.6 is 48.0 Å². The minimum atomic E-state index is -0.465. The van der Waals surface area contributed by atoms with Crippen LogP contribution in [0.25, 0.3) is 0 Å². The number of carbonyl (C=O) groups excluding carboxylic acids is 5. The van der Waals surface area contributed by atoms with E-state index >= 15 is 0 Å². The van der Waals surface area contributed by atoms with Crippen molar-refractivity contribution in [3.63, 3.8) is 0 Å². The average Bonchev–Trinajstić information content (AvgIpc) is 1.59. The first-order valence-electron chi connectivity index (χ1n) is 39.7. The predicted octanol–water partition coefficient (Wildman–Crippen LogP) is 14.2. The number of pyridine rings is 5. The lowest BCUT2D eigenvalue weighted by Crippen LogP contribution is -2.47. The normalized spacial score (nSPS) is 25.5. The Morgan fingerprint density at radius 2 is 0.761 bits per heavy atom. The van der Waals surface area contributed by atoms with Gasteiger partial charge < -0.3 is 64.2 Å². The van der Waals surface area contributed by atoms with Crippen LogP contribution in [0.4, 0.5) is 9.59 Å². The number of nitrogens with two attached hydrogens (primary N) is 1. The van der Waals surface area contributed by atoms with E-state index in [2.05, 4.69) is 60.0 Å². The molecule has 5 aliphatic heterocycles. The van der Waals surface area contributed by atoms with E-state index in [1.807, 2.05) is 97.2 Å². The number of rotatable bonds is 9. The summed E-state index contributed by atoms with van der Waals surface area (Å²) in [4.78, 5) is 84.8. The molecule has 0 radical (unpaired) electrons. The van der Waals surface area contributed by atoms with Gasteiger partial charge in [-0.2, -0.15) is 21.0 Å². The summed E-state index contributed by atoms with van der Waals surface area (Å²) in [6, 6.07) is 25.9. The van der Waals surface area contributed by atoms with E-state index in [1.54, 1.807) is 73.0 Å². The van der Waals surface area contributed by atoms with Crippen LogP contribution in [0.3, 0.4) is 0 Å². The maximum Gasteiger partial charge on any atom is 0.410 e. The van der Waals surface area contributed by atoms with E-state index in [9.17, 15) is 29.1 Å². The monoisotopic (exact) mass is 1690 g/mol. The second-order valence-corrected chi connectivity index (χ2v) is 36.1. The fraction of sp³-hybridized carbons (Fsp3) is 0.605. The first-order valence-corrected chi connectivity index (χ1v) is 40.4. The molecule has 15 rings (SSSR count). The van der Waals surface area contributed by atoms with E-state index in [-0.39, 0.29) is 106 Å². The number of nitriles is 4. The quantitative estimate of drug-likeness (QED) is 0.0911. The van der Waals surface area contributed by atoms with Crippen molar-refractivity contribution in [3.8, 4) is 47.8 Å². The fourth-order valence-corrected chi connectivity index (χ4v) is 17.4. The van der Waals surface area contributed by atoms with Gasteiger partial charge in [0.1, 0.15) is 40.8 Å². The molecule has 5 aromatic heterocycles. The second kappa shape index (κ2) is 40.7. The summed E-state index contributed by atoms with van der Waals surface area (Å²) in [5, 5.41) is 48.1. The number of nitrogens with zero attached hydrogens (tertiary/aromatic N) is 13. The third-order valence-electron chi connectivity index (χ3n) is 22.5. The van der Waals surface area contributed by atoms with Crippen molar-refractivity contribution in [1.29, 1.82) is 21.0 Å². The highest BCUT2D eigenvalue weighted by molar-refractivity contribution is 6.62. The van der Waals surface area contributed by atoms with Crippen LogP contribution in [-0.4, -0.2) is 186 Å². The van der Waals surface area contributed by atoms with Gasteiger partial charge >= 0.3 is 12.2 Å². The summed E-state index contributed by atoms with van der Waals surface area (Å²) in [7, 11) is 0. The van der Waals surface area contributed by atoms with Crippen molar-refractivity contribution < 1.29 is 57.5 Å². The van der Waals surface area contributed by atoms with Crippen molar-refractivity contribution >= 4 is 77.3 Å². The lowest BCUT2D eigenvalue weighted by atomic mass is 9.66. The van der Waals surface area contributed by atoms with Crippen molar-refractivity contribution in [3.05, 3.63) is 122 Å². The number of halogens is 4. The van der Waals surface area contributed by atoms with Crippen molar-refractivity contribution in [2.45, 2.75) is 242 Å². The van der Waals surface area contributed by atoms with E-state index in [0.717, 1.165) is 189 Å². The molecule has 10 heterocycles. The molecule has 0 aromatic carbocycles. The first kappa shape index (κ1) is 95.2. The molecule has 31 heteroatoms. The van der Waals surface area contributed by atoms with Gasteiger partial charge in [0.2, 0.25) is 40.6 Å². The SMILES string of the molecule is CC(=O)Cl.CC(=O)N1CCC2(CC(Oc3cc(C#N)cc(C)n3)C2)C1.CC(=O)N1CCC2(CC(Oc3cc(CN)cc(C)n3)C2)C1.CC(C)(C)OC(=O)N1CCC2(CC(O)C2)C1.Cc1cc(C#N)cc(Cl)n1.Cc1cc(C#N)cc(OC2CC3(CCN(C(=O)OC(C)(C)C)C3)C2)n1.Cc1cc(C#N)cc(OC2CC3(CCNC3)C2)n1.Cl.Cl. The first-order chi connectivity index (χ1) is 54.1. The predicted molar refractivity (Wildman–Crippen MR) is 446 cm³/mol. The molecule has 0 bridgehead atoms. The molecule has 5 aromatic rings. The standard InChI is InChI=1S/C19H25N3O3.C16H23N3O2.C16H19N3O2.C14H17N3O.C12H21NO3.C7H5ClN2.C2H3ClO.2ClH/c1-13-7-14(11-20)8-16(21-13)24-15-9-19(10-15)5-6-22(12-19)17(23)25-18(2,3)4;2*1-11-5-13(9-17)6-15(18-11)21-14-7-16(8-14)3-4-19(10-16)12(2)20;1-10-4-11(8-15)5-13(17-10)18-12-6-14(7-12)2-3-16-9-14;1-11(2,3)16-10(15)13-5-4-12(8-13)6-9(14)7-12;1-5-2-6(4-9)3-7(8)10-5;1-2(3)4;;/h7-8,15H,5-6,9-10,12H2,1-4H3;5-6,14H,3-4,7-10,17H2,1-2H3;5-6,14H,3-4,7-8,10H2,1-2H3;4-5,12,16H,2-3,6-7,9H2,1H3;9,14H,4-8H2,1-3H3;2-3H,1H3;1H3;2*1H. The number of aryl methyl sites for hydroxylation is 5. The van der Waals surface area contributed by atoms with Crippen LogP contribution in [0.15, 0.2) is 60.7 Å². The van der Waals surface area contributed by atoms with Gasteiger partial charge in [-0.1, -0.05) is 11.6 Å². The molecule has 5 aliphatic carbocycles. The van der Waals surface area contributed by atoms with Crippen molar-refractivity contribution in [1.82, 2.24) is 49.8 Å². The summed E-state index contributed by atoms with van der Waals surface area (Å²) in [5.41, 5.74) is 13.6. The van der Waals surface area contributed by atoms with Gasteiger partial charge in [0.25, 0.3) is 0 Å². The Balaban J connectivity index is 0.000000194. The van der Waals surface area contributed by atoms with Gasteiger partial charge in [-0.25, -0.2) is 34.5 Å². The third kappa shape index (κ3) is 27.9. The summed E-state index contributed by atoms with van der Waals surface area (Å²) >= 11 is 10.2. The maximum atomic E-state index is 12.2. The molecular weight excluding hydrogens is 1580 g/mol. The Bertz CT molecular complexity index is 4450. The molecule has 5 spiro atoms. The average molecular weight is 1690 g/mol. The maximum absolute atomic E-state index is 12.2. The minimum Gasteiger partial charge on any atom is -0.474 e. The van der Waals surface area contributed by atoms with Crippen LogP contribution in [0.5, 0.6) is 23.5 Å². The largest absolute Gasteiger partial charge is 0.474 e. The molecule has 4 N–H and O–H groups in total. The lowest BCUT2D eigenvalue weighted by Gasteiger charge is -2.44. The van der Waals surface area contributed by atoms with Crippen LogP contribution in [0, 0.1) is 107 Å². The topological polar surface area (TPSA) is 372 Å². The Kier molecular flexibility index (Phi) is 33.1. The number of ether oxygens (including phenoxy) is 6. The van der Waals surface area contributed by atoms with Gasteiger partial charge in [0.15, 0.2) is 0 Å². The zero-order valence-electron chi connectivity index (χ0n) is 69.9. The molecule has 4 amide bonds. The fourth-order valence-electron chi connectivity index (χ4n) is 17.2. The smallest absolute Gasteiger partial charge is 0.410 e. The number of likely N-dealkylation sites (tertiary alicyclic amines) is 4. The van der Waals surface area contributed by atoms with Crippen molar-refractivity contribution in [2.75, 3.05) is 65.4 Å². The Morgan fingerprint density at radius 3 is 1.04 bits per heavy atom. The number of amides is 4. The molecule has 5 saturated carbocycles. The van der Waals surface area contributed by atoms with Gasteiger partial charge in [-0.15, -0.1) is 24.8 Å². The summed E-state index contributed by atoms with van der Waals surface area (Å²) < 4.78 is 34.5. The molecule has 10 fully saturated rings. The number of nitrogens with one attached hydrogen (secondary N) is 1. The molecule has 0 unspecified atom stereocenters. The van der Waals surface area contributed by atoms with Gasteiger partial charge in [-0.05, 0) is 260 Å². The Labute approximate surface area is 711 Å². The third-order valence-corrected chi connectivity index (χ3v) is 22.7. The zero-order chi connectivity index (χ0) is 84.0. The molecule has 117 heavy (non-hydrogen) atoms. The molecular formula is C86H115Cl4N15O12. The van der Waals surface area contributed by atoms with Crippen LogP contribution in [0.2, 0.25) is 5.15 Å². The highest BCUT2D eigenvalue weighted by atomic mass is 35.5. The number of aliphatic hydroxyl groups is 1. The van der Waals surface area contributed by atoms with E-state index in [0.29, 0.717) is 62.9 Å². The van der Waals surface area contributed by atoms with Crippen molar-refractivity contribution in [2.24, 2.45) is 32.8 Å². The van der Waals surface area contributed by atoms with Crippen LogP contribution < -0.4 is 30.0 Å². The highest BCUT2D eigenvalue weighted by Crippen LogP contribution is 2.53. The van der Waals surface area contributed by atoms with Gasteiger partial charge in [-0.3, -0.25) is 14.4 Å². The summed E-state index contributed by atoms with van der Waals surface area (Å²) in [6.45, 7) is 34.4. The number of hydrogen-bond donors (Lipinski definition) is 3. The summed E-state index contributed by atoms with van der Waals surface area (Å²) in [5.74, 6) is 2.67. The highest BCUT2D eigenvalue weighted by Gasteiger charge is 2.54. The minimum absolute atomic E-state index is 0. The number of aliphatic hydroxyl groups excluding tert-OH is 1. The number of hydrogen-bond acceptors (Lipinski definition) is 23. The van der Waals surface area contributed by atoms with E-state index in [1.165, 1.54) is 19.4 Å². The van der Waals surface area contributed by atoms with E-state index in [4.69, 9.17) is 66.8 Å². The van der Waals surface area contributed by atoms with Gasteiger partial charge in [0.05, 0.1) is 52.6 Å². The Morgan fingerprint density at radius 1 is 0.470 bits per heavy atom. The molecule has 5 saturated heterocycles. The van der Waals surface area contributed by atoms with E-state index < -0.39 is 11.2 Å².